The van der Waals surface area contributed by atoms with Crippen molar-refractivity contribution in [2.45, 2.75) is 13.0 Å². The maximum Gasteiger partial charge on any atom is 0.345 e. The summed E-state index contributed by atoms with van der Waals surface area (Å²) >= 11 is 18.0. The number of urea groups is 1. The molecule has 1 aliphatic heterocycles. The van der Waals surface area contributed by atoms with Crippen LogP contribution in [0.5, 0.6) is 0 Å². The quantitative estimate of drug-likeness (QED) is 0.214. The molecule has 0 spiro atoms. The van der Waals surface area contributed by atoms with Gasteiger partial charge in [0.05, 0.1) is 16.9 Å². The van der Waals surface area contributed by atoms with Crippen LogP contribution in [0, 0.1) is 11.7 Å². The monoisotopic (exact) mass is 536 g/mol. The van der Waals surface area contributed by atoms with Crippen LogP contribution in [0.1, 0.15) is 22.7 Å². The Labute approximate surface area is 220 Å². The number of halogens is 2. The van der Waals surface area contributed by atoms with Crippen LogP contribution in [0.25, 0.3) is 5.69 Å². The molecule has 8 nitrogen and oxygen atoms in total. The lowest BCUT2D eigenvalue weighted by atomic mass is 9.98. The highest BCUT2D eigenvalue weighted by atomic mass is 35.5. The molecule has 0 bridgehead atoms. The molecule has 0 radical (unpaired) electrons. The molecule has 2 amide bonds. The van der Waals surface area contributed by atoms with E-state index in [2.05, 4.69) is 20.6 Å². The number of carbonyl (C=O) groups excluding carboxylic acids is 1. The highest BCUT2D eigenvalue weighted by Crippen LogP contribution is 2.38. The number of aromatic amines is 1. The van der Waals surface area contributed by atoms with E-state index in [0.29, 0.717) is 27.0 Å². The minimum absolute atomic E-state index is 0.138. The van der Waals surface area contributed by atoms with E-state index in [1.807, 2.05) is 25.1 Å². The van der Waals surface area contributed by atoms with E-state index in [4.69, 9.17) is 35.4 Å². The van der Waals surface area contributed by atoms with Crippen molar-refractivity contribution in [3.63, 3.8) is 0 Å². The van der Waals surface area contributed by atoms with Gasteiger partial charge in [0.15, 0.2) is 4.77 Å². The minimum Gasteiger partial charge on any atom is -0.318 e. The van der Waals surface area contributed by atoms with Crippen LogP contribution in [0.15, 0.2) is 87.9 Å². The first kappa shape index (κ1) is 23.9. The number of nitrogens with zero attached hydrogens (tertiary/aromatic N) is 4. The van der Waals surface area contributed by atoms with Gasteiger partial charge >= 0.3 is 6.03 Å². The van der Waals surface area contributed by atoms with E-state index in [0.717, 1.165) is 10.6 Å². The van der Waals surface area contributed by atoms with Gasteiger partial charge in [-0.25, -0.2) is 4.79 Å². The second kappa shape index (κ2) is 9.69. The lowest BCUT2D eigenvalue weighted by Crippen LogP contribution is -2.44. The molecule has 2 heterocycles. The summed E-state index contributed by atoms with van der Waals surface area (Å²) in [6.07, 6.45) is 0. The van der Waals surface area contributed by atoms with Crippen LogP contribution in [0.3, 0.4) is 0 Å². The van der Waals surface area contributed by atoms with Crippen LogP contribution in [0.4, 0.5) is 16.3 Å². The first-order valence-corrected chi connectivity index (χ1v) is 12.0. The zero-order valence-corrected chi connectivity index (χ0v) is 21.1. The fourth-order valence-corrected chi connectivity index (χ4v) is 4.65. The molecule has 2 N–H and O–H groups in total. The number of aryl methyl sites for hydroxylation is 1. The molecule has 1 unspecified atom stereocenters. The van der Waals surface area contributed by atoms with Crippen LogP contribution < -0.4 is 10.9 Å². The molecule has 36 heavy (non-hydrogen) atoms. The van der Waals surface area contributed by atoms with Gasteiger partial charge in [0.25, 0.3) is 5.56 Å². The standard InChI is InChI=1S/C25H18Cl2N6O2S/c1-14-5-4-6-17(13-14)32-23(34)20-21(18-7-2-3-8-19(18)27)33(24(35)28-22(20)29-25(32)36)31-30-16-11-9-15(26)10-12-16/h2-13,21H,1H3,(H,28,35)(H,29,36). The number of anilines is 1. The van der Waals surface area contributed by atoms with Crippen LogP contribution >= 0.6 is 35.4 Å². The van der Waals surface area contributed by atoms with Crippen molar-refractivity contribution < 1.29 is 4.79 Å². The average Bonchev–Trinajstić information content (AvgIpc) is 2.84. The Morgan fingerprint density at radius 3 is 2.44 bits per heavy atom. The summed E-state index contributed by atoms with van der Waals surface area (Å²) in [6.45, 7) is 1.92. The van der Waals surface area contributed by atoms with Gasteiger partial charge < -0.3 is 4.98 Å². The zero-order chi connectivity index (χ0) is 25.4. The second-order valence-corrected chi connectivity index (χ2v) is 9.29. The van der Waals surface area contributed by atoms with E-state index in [9.17, 15) is 9.59 Å². The van der Waals surface area contributed by atoms with Crippen molar-refractivity contribution in [1.82, 2.24) is 14.6 Å². The zero-order valence-electron chi connectivity index (χ0n) is 18.8. The number of amides is 2. The SMILES string of the molecule is Cc1cccc(-n2c(=S)[nH]c3c(c2=O)C(c2ccccc2Cl)N(N=Nc2ccc(Cl)cc2)C(=O)N3)c1. The lowest BCUT2D eigenvalue weighted by Gasteiger charge is -2.33. The molecule has 4 aromatic rings. The van der Waals surface area contributed by atoms with Gasteiger partial charge in [0, 0.05) is 15.6 Å². The second-order valence-electron chi connectivity index (χ2n) is 8.06. The Morgan fingerprint density at radius 2 is 1.72 bits per heavy atom. The number of hydrogen-bond donors (Lipinski definition) is 2. The third-order valence-corrected chi connectivity index (χ3v) is 6.52. The Bertz CT molecular complexity index is 1630. The molecule has 5 rings (SSSR count). The van der Waals surface area contributed by atoms with Crippen LogP contribution in [-0.2, 0) is 0 Å². The highest BCUT2D eigenvalue weighted by Gasteiger charge is 2.39. The molecule has 180 valence electrons. The lowest BCUT2D eigenvalue weighted by molar-refractivity contribution is 0.192. The first-order valence-electron chi connectivity index (χ1n) is 10.8. The molecule has 0 saturated heterocycles. The maximum absolute atomic E-state index is 14.0. The number of rotatable bonds is 4. The molecule has 0 saturated carbocycles. The number of carbonyl (C=O) groups is 1. The fraction of sp³-hybridized carbons (Fsp3) is 0.0800. The molecule has 3 aromatic carbocycles. The largest absolute Gasteiger partial charge is 0.345 e. The summed E-state index contributed by atoms with van der Waals surface area (Å²) < 4.78 is 1.52. The molecule has 0 fully saturated rings. The van der Waals surface area contributed by atoms with Gasteiger partial charge in [0.1, 0.15) is 11.9 Å². The molecule has 0 aliphatic carbocycles. The van der Waals surface area contributed by atoms with Gasteiger partial charge in [-0.05, 0) is 67.2 Å². The fourth-order valence-electron chi connectivity index (χ4n) is 3.99. The minimum atomic E-state index is -0.978. The predicted octanol–water partition coefficient (Wildman–Crippen LogP) is 7.15. The Balaban J connectivity index is 1.73. The van der Waals surface area contributed by atoms with E-state index >= 15 is 0 Å². The number of benzene rings is 3. The highest BCUT2D eigenvalue weighted by molar-refractivity contribution is 7.71. The Hall–Kier alpha value is -3.79. The number of aromatic nitrogens is 2. The third-order valence-electron chi connectivity index (χ3n) is 5.64. The number of hydrogen-bond acceptors (Lipinski definition) is 5. The van der Waals surface area contributed by atoms with Crippen molar-refractivity contribution in [2.75, 3.05) is 5.32 Å². The topological polar surface area (TPSA) is 94.8 Å². The van der Waals surface area contributed by atoms with Gasteiger partial charge in [0.2, 0.25) is 0 Å². The van der Waals surface area contributed by atoms with E-state index in [1.165, 1.54) is 4.57 Å². The van der Waals surface area contributed by atoms with Crippen molar-refractivity contribution in [3.05, 3.63) is 115 Å². The Morgan fingerprint density at radius 1 is 0.972 bits per heavy atom. The smallest absolute Gasteiger partial charge is 0.318 e. The van der Waals surface area contributed by atoms with E-state index in [-0.39, 0.29) is 16.2 Å². The summed E-state index contributed by atoms with van der Waals surface area (Å²) in [6, 6.07) is 19.4. The van der Waals surface area contributed by atoms with Crippen molar-refractivity contribution in [2.24, 2.45) is 10.3 Å². The normalized spacial score (nSPS) is 15.1. The van der Waals surface area contributed by atoms with Gasteiger partial charge in [-0.2, -0.15) is 5.01 Å². The molecular formula is C25H18Cl2N6O2S. The molecule has 1 atom stereocenters. The van der Waals surface area contributed by atoms with Crippen molar-refractivity contribution >= 4 is 53.0 Å². The average molecular weight is 537 g/mol. The third kappa shape index (κ3) is 4.44. The summed E-state index contributed by atoms with van der Waals surface area (Å²) in [4.78, 5) is 30.2. The van der Waals surface area contributed by atoms with Crippen molar-refractivity contribution in [3.8, 4) is 5.69 Å². The first-order chi connectivity index (χ1) is 17.3. The maximum atomic E-state index is 14.0. The summed E-state index contributed by atoms with van der Waals surface area (Å²) in [5.74, 6) is 0.182. The van der Waals surface area contributed by atoms with E-state index < -0.39 is 17.6 Å². The summed E-state index contributed by atoms with van der Waals surface area (Å²) in [5, 5.41) is 13.1. The molecule has 1 aromatic heterocycles. The number of H-pyrrole nitrogens is 1. The van der Waals surface area contributed by atoms with Gasteiger partial charge in [-0.15, -0.1) is 5.11 Å². The number of nitrogens with one attached hydrogen (secondary N) is 2. The molecule has 1 aliphatic rings. The predicted molar refractivity (Wildman–Crippen MR) is 142 cm³/mol. The molecular weight excluding hydrogens is 519 g/mol. The van der Waals surface area contributed by atoms with Crippen LogP contribution in [-0.4, -0.2) is 20.6 Å². The van der Waals surface area contributed by atoms with E-state index in [1.54, 1.807) is 54.6 Å². The molecule has 11 heteroatoms. The Kier molecular flexibility index (Phi) is 6.44. The summed E-state index contributed by atoms with van der Waals surface area (Å²) in [5.41, 5.74) is 2.32. The van der Waals surface area contributed by atoms with Gasteiger partial charge in [-0.1, -0.05) is 58.8 Å². The van der Waals surface area contributed by atoms with Gasteiger partial charge in [-0.3, -0.25) is 14.7 Å². The van der Waals surface area contributed by atoms with Crippen molar-refractivity contribution in [1.29, 1.82) is 0 Å². The summed E-state index contributed by atoms with van der Waals surface area (Å²) in [7, 11) is 0. The number of fused-ring (bicyclic) bond motifs is 1. The van der Waals surface area contributed by atoms with Crippen LogP contribution in [0.2, 0.25) is 10.0 Å².